The van der Waals surface area contributed by atoms with Crippen molar-refractivity contribution in [2.45, 2.75) is 45.4 Å². The molecule has 0 saturated carbocycles. The maximum atomic E-state index is 13.0. The van der Waals surface area contributed by atoms with E-state index in [2.05, 4.69) is 29.2 Å². The van der Waals surface area contributed by atoms with E-state index in [0.29, 0.717) is 12.2 Å². The van der Waals surface area contributed by atoms with Gasteiger partial charge in [-0.25, -0.2) is 9.07 Å². The van der Waals surface area contributed by atoms with E-state index in [1.807, 2.05) is 12.4 Å². The topological polar surface area (TPSA) is 42.3 Å². The summed E-state index contributed by atoms with van der Waals surface area (Å²) in [6.45, 7) is 9.32. The van der Waals surface area contributed by atoms with Crippen LogP contribution in [0.2, 0.25) is 0 Å². The Balaban J connectivity index is 1.32. The number of nitrogens with zero attached hydrogens (tertiary/aromatic N) is 3. The zero-order valence-electron chi connectivity index (χ0n) is 15.7. The molecule has 6 heteroatoms. The predicted octanol–water partition coefficient (Wildman–Crippen LogP) is 2.99. The van der Waals surface area contributed by atoms with Crippen LogP contribution in [0.3, 0.4) is 0 Å². The van der Waals surface area contributed by atoms with Crippen LogP contribution in [0.5, 0.6) is 0 Å². The number of nitrogens with one attached hydrogen (secondary N) is 1. The Hall–Kier alpha value is -1.76. The molecule has 0 unspecified atom stereocenters. The molecule has 0 aliphatic carbocycles. The van der Waals surface area contributed by atoms with Crippen molar-refractivity contribution in [3.05, 3.63) is 48.0 Å². The Morgan fingerprint density at radius 2 is 1.88 bits per heavy atom. The van der Waals surface area contributed by atoms with Crippen molar-refractivity contribution < 1.29 is 9.13 Å². The maximum absolute atomic E-state index is 13.0. The molecule has 1 aliphatic rings. The molecule has 5 nitrogen and oxygen atoms in total. The van der Waals surface area contributed by atoms with Crippen molar-refractivity contribution in [1.82, 2.24) is 20.0 Å². The van der Waals surface area contributed by atoms with Gasteiger partial charge < -0.3 is 10.1 Å². The Morgan fingerprint density at radius 1 is 1.15 bits per heavy atom. The van der Waals surface area contributed by atoms with Crippen LogP contribution in [-0.4, -0.2) is 53.1 Å². The third-order valence-electron chi connectivity index (χ3n) is 4.63. The van der Waals surface area contributed by atoms with Crippen molar-refractivity contribution in [3.8, 4) is 5.69 Å². The first-order valence-electron chi connectivity index (χ1n) is 9.48. The second kappa shape index (κ2) is 9.26. The molecule has 1 aliphatic heterocycles. The summed E-state index contributed by atoms with van der Waals surface area (Å²) in [6.07, 6.45) is 6.88. The summed E-state index contributed by atoms with van der Waals surface area (Å²) in [5.41, 5.74) is 2.00. The number of halogens is 1. The normalized spacial score (nSPS) is 21.2. The van der Waals surface area contributed by atoms with Crippen LogP contribution in [0.15, 0.2) is 36.7 Å². The molecule has 2 aromatic rings. The van der Waals surface area contributed by atoms with Crippen LogP contribution in [0.4, 0.5) is 4.39 Å². The van der Waals surface area contributed by atoms with Crippen molar-refractivity contribution in [2.24, 2.45) is 0 Å². The fourth-order valence-corrected chi connectivity index (χ4v) is 3.47. The number of aromatic nitrogens is 2. The zero-order chi connectivity index (χ0) is 18.4. The molecule has 1 N–H and O–H groups in total. The first-order chi connectivity index (χ1) is 12.6. The van der Waals surface area contributed by atoms with Crippen molar-refractivity contribution in [3.63, 3.8) is 0 Å². The maximum Gasteiger partial charge on any atom is 0.123 e. The lowest BCUT2D eigenvalue weighted by Crippen LogP contribution is -2.45. The summed E-state index contributed by atoms with van der Waals surface area (Å²) >= 11 is 0. The fourth-order valence-electron chi connectivity index (χ4n) is 3.47. The van der Waals surface area contributed by atoms with E-state index in [4.69, 9.17) is 4.74 Å². The van der Waals surface area contributed by atoms with E-state index in [1.54, 1.807) is 16.8 Å². The number of unbranched alkanes of at least 4 members (excludes halogenated alkanes) is 1. The summed E-state index contributed by atoms with van der Waals surface area (Å²) in [5, 5.41) is 7.82. The van der Waals surface area contributed by atoms with Crippen molar-refractivity contribution in [1.29, 1.82) is 0 Å². The number of hydrogen-bond acceptors (Lipinski definition) is 4. The van der Waals surface area contributed by atoms with Gasteiger partial charge in [-0.1, -0.05) is 0 Å². The van der Waals surface area contributed by atoms with Gasteiger partial charge in [-0.05, 0) is 64.0 Å². The molecule has 2 atom stereocenters. The van der Waals surface area contributed by atoms with Crippen molar-refractivity contribution in [2.75, 3.05) is 26.2 Å². The number of morpholine rings is 1. The lowest BCUT2D eigenvalue weighted by atomic mass is 10.2. The van der Waals surface area contributed by atoms with E-state index in [9.17, 15) is 4.39 Å². The van der Waals surface area contributed by atoms with E-state index in [-0.39, 0.29) is 5.82 Å². The van der Waals surface area contributed by atoms with Crippen LogP contribution in [-0.2, 0) is 11.3 Å². The van der Waals surface area contributed by atoms with E-state index < -0.39 is 0 Å². The van der Waals surface area contributed by atoms with Gasteiger partial charge in [0.2, 0.25) is 0 Å². The highest BCUT2D eigenvalue weighted by Gasteiger charge is 2.21. The fraction of sp³-hybridized carbons (Fsp3) is 0.550. The minimum atomic E-state index is -0.233. The molecular weight excluding hydrogens is 331 g/mol. The molecule has 0 spiro atoms. The van der Waals surface area contributed by atoms with E-state index in [0.717, 1.165) is 50.4 Å². The molecule has 2 heterocycles. The van der Waals surface area contributed by atoms with Crippen LogP contribution in [0, 0.1) is 5.82 Å². The molecule has 0 amide bonds. The molecule has 3 rings (SSSR count). The van der Waals surface area contributed by atoms with Crippen LogP contribution >= 0.6 is 0 Å². The highest BCUT2D eigenvalue weighted by molar-refractivity contribution is 5.31. The van der Waals surface area contributed by atoms with Gasteiger partial charge in [-0.3, -0.25) is 4.90 Å². The monoisotopic (exact) mass is 360 g/mol. The number of hydrogen-bond donors (Lipinski definition) is 1. The minimum Gasteiger partial charge on any atom is -0.373 e. The second-order valence-electron chi connectivity index (χ2n) is 7.17. The third-order valence-corrected chi connectivity index (χ3v) is 4.63. The first kappa shape index (κ1) is 19.0. The van der Waals surface area contributed by atoms with E-state index in [1.165, 1.54) is 18.6 Å². The van der Waals surface area contributed by atoms with E-state index >= 15 is 0 Å². The summed E-state index contributed by atoms with van der Waals surface area (Å²) < 4.78 is 20.5. The molecule has 142 valence electrons. The van der Waals surface area contributed by atoms with Gasteiger partial charge in [0.05, 0.1) is 24.1 Å². The smallest absolute Gasteiger partial charge is 0.123 e. The number of rotatable bonds is 8. The van der Waals surface area contributed by atoms with Crippen molar-refractivity contribution >= 4 is 0 Å². The largest absolute Gasteiger partial charge is 0.373 e. The summed E-state index contributed by atoms with van der Waals surface area (Å²) in [4.78, 5) is 2.51. The second-order valence-corrected chi connectivity index (χ2v) is 7.17. The summed E-state index contributed by atoms with van der Waals surface area (Å²) in [6, 6.07) is 6.36. The Labute approximate surface area is 155 Å². The van der Waals surface area contributed by atoms with Gasteiger partial charge in [0, 0.05) is 31.4 Å². The van der Waals surface area contributed by atoms with Gasteiger partial charge in [0.25, 0.3) is 0 Å². The highest BCUT2D eigenvalue weighted by atomic mass is 19.1. The molecule has 1 saturated heterocycles. The lowest BCUT2D eigenvalue weighted by Gasteiger charge is -2.35. The number of benzene rings is 1. The zero-order valence-corrected chi connectivity index (χ0v) is 15.7. The molecule has 26 heavy (non-hydrogen) atoms. The quantitative estimate of drug-likeness (QED) is 0.735. The van der Waals surface area contributed by atoms with Gasteiger partial charge >= 0.3 is 0 Å². The third kappa shape index (κ3) is 5.62. The average molecular weight is 360 g/mol. The first-order valence-corrected chi connectivity index (χ1v) is 9.48. The van der Waals surface area contributed by atoms with Gasteiger partial charge in [-0.15, -0.1) is 0 Å². The average Bonchev–Trinajstić information content (AvgIpc) is 3.06. The number of ether oxygens (including phenoxy) is 1. The van der Waals surface area contributed by atoms with Gasteiger partial charge in [0.15, 0.2) is 0 Å². The lowest BCUT2D eigenvalue weighted by molar-refractivity contribution is -0.0681. The van der Waals surface area contributed by atoms with Crippen LogP contribution in [0.1, 0.15) is 32.3 Å². The Morgan fingerprint density at radius 3 is 2.62 bits per heavy atom. The molecule has 0 bridgehead atoms. The Kier molecular flexibility index (Phi) is 6.77. The summed E-state index contributed by atoms with van der Waals surface area (Å²) in [7, 11) is 0. The Bertz CT molecular complexity index is 663. The minimum absolute atomic E-state index is 0.233. The van der Waals surface area contributed by atoms with Crippen LogP contribution < -0.4 is 5.32 Å². The standard InChI is InChI=1S/C20H29FN4O/c1-16-13-24(14-17(2)26-16)10-4-3-9-22-11-18-12-23-25(15-18)20-7-5-19(21)6-8-20/h5-8,12,15-17,22H,3-4,9-11,13-14H2,1-2H3/t16-,17+. The SMILES string of the molecule is C[C@@H]1CN(CCCCNCc2cnn(-c3ccc(F)cc3)c2)C[C@H](C)O1. The van der Waals surface area contributed by atoms with Gasteiger partial charge in [-0.2, -0.15) is 5.10 Å². The van der Waals surface area contributed by atoms with Crippen LogP contribution in [0.25, 0.3) is 5.69 Å². The summed E-state index contributed by atoms with van der Waals surface area (Å²) in [5.74, 6) is -0.233. The predicted molar refractivity (Wildman–Crippen MR) is 101 cm³/mol. The molecule has 1 fully saturated rings. The molecule has 1 aromatic carbocycles. The molecule has 1 aromatic heterocycles. The highest BCUT2D eigenvalue weighted by Crippen LogP contribution is 2.11. The molecule has 0 radical (unpaired) electrons. The van der Waals surface area contributed by atoms with Gasteiger partial charge in [0.1, 0.15) is 5.82 Å². The molecular formula is C20H29FN4O.